The van der Waals surface area contributed by atoms with E-state index in [0.717, 1.165) is 31.2 Å². The molecule has 2 heterocycles. The number of hydrogen-bond acceptors (Lipinski definition) is 5. The summed E-state index contributed by atoms with van der Waals surface area (Å²) in [5, 5.41) is 12.7. The zero-order valence-corrected chi connectivity index (χ0v) is 14.6. The summed E-state index contributed by atoms with van der Waals surface area (Å²) in [7, 11) is 0. The van der Waals surface area contributed by atoms with E-state index in [1.807, 2.05) is 18.2 Å². The van der Waals surface area contributed by atoms with E-state index in [-0.39, 0.29) is 30.8 Å². The number of benzene rings is 1. The van der Waals surface area contributed by atoms with E-state index in [2.05, 4.69) is 5.32 Å². The molecule has 1 aliphatic carbocycles. The molecule has 1 saturated heterocycles. The van der Waals surface area contributed by atoms with Gasteiger partial charge >= 0.3 is 0 Å². The van der Waals surface area contributed by atoms with E-state index >= 15 is 0 Å². The fourth-order valence-electron chi connectivity index (χ4n) is 3.96. The number of fused-ring (bicyclic) bond motifs is 1. The molecule has 140 valence electrons. The van der Waals surface area contributed by atoms with Gasteiger partial charge < -0.3 is 24.8 Å². The maximum Gasteiger partial charge on any atom is 0.243 e. The topological polar surface area (TPSA) is 88.1 Å². The number of rotatable bonds is 4. The Bertz CT molecular complexity index is 699. The summed E-state index contributed by atoms with van der Waals surface area (Å²) in [5.41, 5.74) is 0.920. The number of hydrogen-bond donors (Lipinski definition) is 2. The first-order valence-electron chi connectivity index (χ1n) is 9.26. The zero-order valence-electron chi connectivity index (χ0n) is 14.6. The monoisotopic (exact) mass is 360 g/mol. The van der Waals surface area contributed by atoms with Crippen LogP contribution in [0.15, 0.2) is 18.2 Å². The van der Waals surface area contributed by atoms with Crippen molar-refractivity contribution in [2.75, 3.05) is 6.79 Å². The van der Waals surface area contributed by atoms with E-state index in [1.165, 1.54) is 0 Å². The Morgan fingerprint density at radius 3 is 2.73 bits per heavy atom. The number of ether oxygens (including phenoxy) is 2. The van der Waals surface area contributed by atoms with Gasteiger partial charge in [-0.25, -0.2) is 0 Å². The molecule has 2 N–H and O–H groups in total. The van der Waals surface area contributed by atoms with Gasteiger partial charge in [0.2, 0.25) is 18.6 Å². The predicted molar refractivity (Wildman–Crippen MR) is 92.5 cm³/mol. The van der Waals surface area contributed by atoms with Crippen molar-refractivity contribution in [3.05, 3.63) is 23.8 Å². The maximum absolute atomic E-state index is 12.7. The molecule has 4 rings (SSSR count). The number of nitrogens with one attached hydrogen (secondary N) is 1. The van der Waals surface area contributed by atoms with Crippen LogP contribution in [-0.4, -0.2) is 46.8 Å². The van der Waals surface area contributed by atoms with Crippen molar-refractivity contribution in [3.8, 4) is 11.5 Å². The fourth-order valence-corrected chi connectivity index (χ4v) is 3.96. The zero-order chi connectivity index (χ0) is 18.1. The number of nitrogens with zero attached hydrogens (tertiary/aromatic N) is 1. The van der Waals surface area contributed by atoms with Gasteiger partial charge in [-0.1, -0.05) is 6.07 Å². The van der Waals surface area contributed by atoms with Crippen LogP contribution in [0, 0.1) is 0 Å². The van der Waals surface area contributed by atoms with Crippen LogP contribution in [0.25, 0.3) is 0 Å². The number of carbonyl (C=O) groups excluding carboxylic acids is 2. The van der Waals surface area contributed by atoms with Crippen LogP contribution in [-0.2, 0) is 16.1 Å². The lowest BCUT2D eigenvalue weighted by molar-refractivity contribution is -0.136. The predicted octanol–water partition coefficient (Wildman–Crippen LogP) is 1.33. The lowest BCUT2D eigenvalue weighted by Gasteiger charge is -2.29. The van der Waals surface area contributed by atoms with Crippen molar-refractivity contribution in [1.82, 2.24) is 10.2 Å². The minimum absolute atomic E-state index is 0.00174. The van der Waals surface area contributed by atoms with Crippen LogP contribution in [0.3, 0.4) is 0 Å². The van der Waals surface area contributed by atoms with Gasteiger partial charge in [0.25, 0.3) is 0 Å². The highest BCUT2D eigenvalue weighted by molar-refractivity contribution is 5.91. The summed E-state index contributed by atoms with van der Waals surface area (Å²) < 4.78 is 10.7. The number of aliphatic hydroxyl groups excluding tert-OH is 1. The van der Waals surface area contributed by atoms with Crippen molar-refractivity contribution < 1.29 is 24.2 Å². The summed E-state index contributed by atoms with van der Waals surface area (Å²) in [4.78, 5) is 26.7. The molecule has 3 aliphatic rings. The van der Waals surface area contributed by atoms with Crippen LogP contribution in [0.2, 0.25) is 0 Å². The molecule has 7 heteroatoms. The average Bonchev–Trinajstić information content (AvgIpc) is 3.24. The standard InChI is InChI=1S/C19H24N2O5/c22-14-4-2-13(3-5-14)20-19(24)15-6-8-18(23)21(15)10-12-1-7-16-17(9-12)26-11-25-16/h1,7,9,13-15,22H,2-6,8,10-11H2,(H,20,24). The Morgan fingerprint density at radius 2 is 1.92 bits per heavy atom. The smallest absolute Gasteiger partial charge is 0.243 e. The van der Waals surface area contributed by atoms with Gasteiger partial charge in [-0.15, -0.1) is 0 Å². The second-order valence-electron chi connectivity index (χ2n) is 7.28. The summed E-state index contributed by atoms with van der Waals surface area (Å²) in [6.07, 6.45) is 3.70. The van der Waals surface area contributed by atoms with Gasteiger partial charge in [0.1, 0.15) is 6.04 Å². The van der Waals surface area contributed by atoms with Gasteiger partial charge in [-0.05, 0) is 49.8 Å². The number of carbonyl (C=O) groups is 2. The summed E-state index contributed by atoms with van der Waals surface area (Å²) in [6.45, 7) is 0.597. The fraction of sp³-hybridized carbons (Fsp3) is 0.579. The van der Waals surface area contributed by atoms with Crippen LogP contribution < -0.4 is 14.8 Å². The van der Waals surface area contributed by atoms with Gasteiger partial charge in [0, 0.05) is 19.0 Å². The molecule has 1 atom stereocenters. The van der Waals surface area contributed by atoms with E-state index in [4.69, 9.17) is 9.47 Å². The lowest BCUT2D eigenvalue weighted by atomic mass is 9.93. The Kier molecular flexibility index (Phi) is 4.72. The summed E-state index contributed by atoms with van der Waals surface area (Å²) in [6, 6.07) is 5.26. The molecule has 0 aromatic heterocycles. The number of amides is 2. The molecule has 7 nitrogen and oxygen atoms in total. The molecule has 1 saturated carbocycles. The van der Waals surface area contributed by atoms with E-state index < -0.39 is 6.04 Å². The van der Waals surface area contributed by atoms with Crippen molar-refractivity contribution in [3.63, 3.8) is 0 Å². The van der Waals surface area contributed by atoms with Gasteiger partial charge in [-0.3, -0.25) is 9.59 Å². The largest absolute Gasteiger partial charge is 0.454 e. The van der Waals surface area contributed by atoms with Crippen molar-refractivity contribution in [1.29, 1.82) is 0 Å². The third-order valence-electron chi connectivity index (χ3n) is 5.46. The van der Waals surface area contributed by atoms with Crippen LogP contribution >= 0.6 is 0 Å². The van der Waals surface area contributed by atoms with Crippen molar-refractivity contribution in [2.24, 2.45) is 0 Å². The van der Waals surface area contributed by atoms with Crippen molar-refractivity contribution in [2.45, 2.75) is 63.3 Å². The van der Waals surface area contributed by atoms with Crippen LogP contribution in [0.1, 0.15) is 44.1 Å². The molecule has 26 heavy (non-hydrogen) atoms. The molecular weight excluding hydrogens is 336 g/mol. The maximum atomic E-state index is 12.7. The number of likely N-dealkylation sites (tertiary alicyclic amines) is 1. The first kappa shape index (κ1) is 17.1. The Balaban J connectivity index is 1.41. The highest BCUT2D eigenvalue weighted by Crippen LogP contribution is 2.33. The SMILES string of the molecule is O=C(NC1CCC(O)CC1)C1CCC(=O)N1Cc1ccc2c(c1)OCO2. The van der Waals surface area contributed by atoms with Gasteiger partial charge in [-0.2, -0.15) is 0 Å². The number of aliphatic hydroxyl groups is 1. The Hall–Kier alpha value is -2.28. The van der Waals surface area contributed by atoms with Crippen LogP contribution in [0.4, 0.5) is 0 Å². The van der Waals surface area contributed by atoms with E-state index in [0.29, 0.717) is 30.9 Å². The van der Waals surface area contributed by atoms with Gasteiger partial charge in [0.05, 0.1) is 6.10 Å². The minimum Gasteiger partial charge on any atom is -0.454 e. The molecule has 0 radical (unpaired) electrons. The highest BCUT2D eigenvalue weighted by atomic mass is 16.7. The normalized spacial score (nSPS) is 27.7. The summed E-state index contributed by atoms with van der Waals surface area (Å²) in [5.74, 6) is 1.30. The van der Waals surface area contributed by atoms with Crippen LogP contribution in [0.5, 0.6) is 11.5 Å². The van der Waals surface area contributed by atoms with E-state index in [1.54, 1.807) is 4.90 Å². The molecule has 0 spiro atoms. The molecular formula is C19H24N2O5. The van der Waals surface area contributed by atoms with Crippen molar-refractivity contribution >= 4 is 11.8 Å². The Labute approximate surface area is 152 Å². The molecule has 2 fully saturated rings. The molecule has 1 aromatic rings. The molecule has 1 aromatic carbocycles. The second-order valence-corrected chi connectivity index (χ2v) is 7.28. The third kappa shape index (κ3) is 3.49. The second kappa shape index (κ2) is 7.15. The molecule has 0 bridgehead atoms. The Morgan fingerprint density at radius 1 is 1.15 bits per heavy atom. The molecule has 2 aliphatic heterocycles. The average molecular weight is 360 g/mol. The third-order valence-corrected chi connectivity index (χ3v) is 5.46. The molecule has 1 unspecified atom stereocenters. The lowest BCUT2D eigenvalue weighted by Crippen LogP contribution is -2.48. The van der Waals surface area contributed by atoms with Gasteiger partial charge in [0.15, 0.2) is 11.5 Å². The first-order chi connectivity index (χ1) is 12.6. The quantitative estimate of drug-likeness (QED) is 0.846. The highest BCUT2D eigenvalue weighted by Gasteiger charge is 2.37. The summed E-state index contributed by atoms with van der Waals surface area (Å²) >= 11 is 0. The first-order valence-corrected chi connectivity index (χ1v) is 9.26. The molecule has 2 amide bonds. The minimum atomic E-state index is -0.431. The van der Waals surface area contributed by atoms with E-state index in [9.17, 15) is 14.7 Å².